The molecule has 5 heteroatoms. The summed E-state index contributed by atoms with van der Waals surface area (Å²) in [5, 5.41) is 14.9. The highest BCUT2D eigenvalue weighted by Crippen LogP contribution is 2.39. The fourth-order valence-corrected chi connectivity index (χ4v) is 3.29. The number of phenols is 1. The third kappa shape index (κ3) is 7.12. The number of benzene rings is 2. The van der Waals surface area contributed by atoms with E-state index in [1.807, 2.05) is 43.3 Å². The second-order valence-electron chi connectivity index (χ2n) is 9.83. The lowest BCUT2D eigenvalue weighted by Gasteiger charge is -2.28. The number of carbonyl (C=O) groups is 1. The Morgan fingerprint density at radius 1 is 1.03 bits per heavy atom. The largest absolute Gasteiger partial charge is 0.507 e. The first kappa shape index (κ1) is 24.4. The van der Waals surface area contributed by atoms with Crippen LogP contribution in [0, 0.1) is 0 Å². The molecule has 2 aromatic carbocycles. The third-order valence-electron chi connectivity index (χ3n) is 5.02. The molecule has 0 heterocycles. The van der Waals surface area contributed by atoms with Gasteiger partial charge in [0.25, 0.3) is 0 Å². The minimum Gasteiger partial charge on any atom is -0.507 e. The van der Waals surface area contributed by atoms with Crippen molar-refractivity contribution in [3.05, 3.63) is 58.7 Å². The number of ether oxygens (including phenoxy) is 1. The molecule has 0 fully saturated rings. The molecule has 0 aromatic heterocycles. The van der Waals surface area contributed by atoms with Gasteiger partial charge in [0.1, 0.15) is 11.5 Å². The van der Waals surface area contributed by atoms with Gasteiger partial charge in [0.2, 0.25) is 5.91 Å². The lowest BCUT2D eigenvalue weighted by molar-refractivity contribution is -0.121. The maximum absolute atomic E-state index is 12.3. The second-order valence-corrected chi connectivity index (χ2v) is 9.83. The molecule has 0 bridgehead atoms. The van der Waals surface area contributed by atoms with Gasteiger partial charge >= 0.3 is 0 Å². The number of nitrogens with zero attached hydrogens (tertiary/aromatic N) is 1. The van der Waals surface area contributed by atoms with E-state index in [1.54, 1.807) is 6.21 Å². The summed E-state index contributed by atoms with van der Waals surface area (Å²) in [5.41, 5.74) is 5.95. The molecule has 0 atom stereocenters. The van der Waals surface area contributed by atoms with Crippen LogP contribution >= 0.6 is 0 Å². The molecule has 0 saturated carbocycles. The molecule has 0 radical (unpaired) electrons. The molecule has 1 amide bonds. The Labute approximate surface area is 186 Å². The van der Waals surface area contributed by atoms with E-state index in [4.69, 9.17) is 4.74 Å². The van der Waals surface area contributed by atoms with Crippen LogP contribution in [-0.2, 0) is 22.0 Å². The summed E-state index contributed by atoms with van der Waals surface area (Å²) in [4.78, 5) is 12.3. The van der Waals surface area contributed by atoms with Crippen molar-refractivity contribution in [1.82, 2.24) is 5.43 Å². The molecule has 0 aliphatic rings. The van der Waals surface area contributed by atoms with Gasteiger partial charge in [-0.15, -0.1) is 0 Å². The van der Waals surface area contributed by atoms with E-state index >= 15 is 0 Å². The van der Waals surface area contributed by atoms with Crippen LogP contribution in [-0.4, -0.2) is 23.8 Å². The van der Waals surface area contributed by atoms with Crippen LogP contribution < -0.4 is 10.2 Å². The Balaban J connectivity index is 2.04. The molecule has 5 nitrogen and oxygen atoms in total. The predicted octanol–water partition coefficient (Wildman–Crippen LogP) is 5.47. The lowest BCUT2D eigenvalue weighted by atomic mass is 9.78. The molecule has 0 saturated heterocycles. The zero-order valence-electron chi connectivity index (χ0n) is 19.9. The number of hydrazone groups is 1. The molecule has 31 heavy (non-hydrogen) atoms. The van der Waals surface area contributed by atoms with Crippen LogP contribution in [0.1, 0.15) is 77.1 Å². The summed E-state index contributed by atoms with van der Waals surface area (Å²) in [7, 11) is 0. The Hall–Kier alpha value is -2.82. The number of hydrogen-bond donors (Lipinski definition) is 2. The molecule has 0 aliphatic carbocycles. The first-order chi connectivity index (χ1) is 14.4. The fraction of sp³-hybridized carbons (Fsp3) is 0.462. The highest BCUT2D eigenvalue weighted by molar-refractivity contribution is 5.82. The molecular weight excluding hydrogens is 388 g/mol. The number of amides is 1. The maximum atomic E-state index is 12.3. The predicted molar refractivity (Wildman–Crippen MR) is 127 cm³/mol. The highest BCUT2D eigenvalue weighted by atomic mass is 16.5. The van der Waals surface area contributed by atoms with Crippen molar-refractivity contribution >= 4 is 12.1 Å². The number of nitrogens with one attached hydrogen (secondary N) is 1. The molecule has 2 rings (SSSR count). The van der Waals surface area contributed by atoms with E-state index in [0.29, 0.717) is 25.2 Å². The van der Waals surface area contributed by atoms with Crippen molar-refractivity contribution < 1.29 is 14.6 Å². The van der Waals surface area contributed by atoms with Crippen LogP contribution in [0.4, 0.5) is 0 Å². The standard InChI is InChI=1S/C26H36N2O3/c1-8-31-20-12-9-18(10-13-20)17-27-28-23(29)14-11-19-15-21(25(2,3)4)24(30)22(16-19)26(5,6)7/h9-10,12-13,15-17,30H,8,11,14H2,1-7H3,(H,28,29)/b27-17-. The Morgan fingerprint density at radius 3 is 2.06 bits per heavy atom. The third-order valence-corrected chi connectivity index (χ3v) is 5.02. The molecule has 0 aliphatic heterocycles. The molecule has 2 N–H and O–H groups in total. The van der Waals surface area contributed by atoms with Crippen molar-refractivity contribution in [3.8, 4) is 11.5 Å². The minimum absolute atomic E-state index is 0.148. The zero-order valence-corrected chi connectivity index (χ0v) is 19.9. The number of rotatable bonds is 7. The van der Waals surface area contributed by atoms with Gasteiger partial charge in [0.05, 0.1) is 12.8 Å². The molecule has 0 spiro atoms. The number of aromatic hydroxyl groups is 1. The highest BCUT2D eigenvalue weighted by Gasteiger charge is 2.26. The van der Waals surface area contributed by atoms with Gasteiger partial charge < -0.3 is 9.84 Å². The normalized spacial score (nSPS) is 12.2. The van der Waals surface area contributed by atoms with Crippen LogP contribution in [0.25, 0.3) is 0 Å². The van der Waals surface area contributed by atoms with Crippen molar-refractivity contribution in [2.24, 2.45) is 5.10 Å². The number of hydrogen-bond acceptors (Lipinski definition) is 4. The van der Waals surface area contributed by atoms with E-state index in [9.17, 15) is 9.90 Å². The summed E-state index contributed by atoms with van der Waals surface area (Å²) in [6.07, 6.45) is 2.51. The summed E-state index contributed by atoms with van der Waals surface area (Å²) in [6, 6.07) is 11.6. The average Bonchev–Trinajstić information content (AvgIpc) is 2.67. The average molecular weight is 425 g/mol. The van der Waals surface area contributed by atoms with Crippen molar-refractivity contribution in [1.29, 1.82) is 0 Å². The number of phenolic OH excluding ortho intramolecular Hbond substituents is 1. The van der Waals surface area contributed by atoms with Gasteiger partial charge in [-0.1, -0.05) is 53.7 Å². The van der Waals surface area contributed by atoms with Crippen molar-refractivity contribution in [2.75, 3.05) is 6.61 Å². The molecule has 2 aromatic rings. The van der Waals surface area contributed by atoms with E-state index in [2.05, 4.69) is 52.1 Å². The van der Waals surface area contributed by atoms with E-state index in [0.717, 1.165) is 28.0 Å². The van der Waals surface area contributed by atoms with Gasteiger partial charge in [0, 0.05) is 6.42 Å². The summed E-state index contributed by atoms with van der Waals surface area (Å²) in [5.74, 6) is 1.01. The Bertz CT molecular complexity index is 882. The van der Waals surface area contributed by atoms with E-state index < -0.39 is 0 Å². The fourth-order valence-electron chi connectivity index (χ4n) is 3.29. The minimum atomic E-state index is -0.190. The van der Waals surface area contributed by atoms with Gasteiger partial charge in [-0.05, 0) is 70.7 Å². The Kier molecular flexibility index (Phi) is 7.88. The monoisotopic (exact) mass is 424 g/mol. The van der Waals surface area contributed by atoms with Crippen LogP contribution in [0.15, 0.2) is 41.5 Å². The van der Waals surface area contributed by atoms with Gasteiger partial charge in [-0.25, -0.2) is 5.43 Å². The van der Waals surface area contributed by atoms with Crippen LogP contribution in [0.3, 0.4) is 0 Å². The van der Waals surface area contributed by atoms with Gasteiger partial charge in [-0.2, -0.15) is 5.10 Å². The van der Waals surface area contributed by atoms with Gasteiger partial charge in [0.15, 0.2) is 0 Å². The SMILES string of the molecule is CCOc1ccc(/C=N\NC(=O)CCc2cc(C(C)(C)C)c(O)c(C(C)(C)C)c2)cc1. The van der Waals surface area contributed by atoms with Crippen LogP contribution in [0.2, 0.25) is 0 Å². The zero-order chi connectivity index (χ0) is 23.2. The van der Waals surface area contributed by atoms with Crippen molar-refractivity contribution in [3.63, 3.8) is 0 Å². The smallest absolute Gasteiger partial charge is 0.240 e. The van der Waals surface area contributed by atoms with E-state index in [1.165, 1.54) is 0 Å². The first-order valence-electron chi connectivity index (χ1n) is 10.8. The number of aryl methyl sites for hydroxylation is 1. The van der Waals surface area contributed by atoms with Crippen LogP contribution in [0.5, 0.6) is 11.5 Å². The Morgan fingerprint density at radius 2 is 1.58 bits per heavy atom. The number of carbonyl (C=O) groups excluding carboxylic acids is 1. The second kappa shape index (κ2) is 9.99. The summed E-state index contributed by atoms with van der Waals surface area (Å²) < 4.78 is 5.41. The molecular formula is C26H36N2O3. The lowest BCUT2D eigenvalue weighted by Crippen LogP contribution is -2.20. The maximum Gasteiger partial charge on any atom is 0.240 e. The summed E-state index contributed by atoms with van der Waals surface area (Å²) >= 11 is 0. The van der Waals surface area contributed by atoms with Crippen molar-refractivity contribution in [2.45, 2.75) is 72.1 Å². The first-order valence-corrected chi connectivity index (χ1v) is 10.8. The van der Waals surface area contributed by atoms with Gasteiger partial charge in [-0.3, -0.25) is 4.79 Å². The topological polar surface area (TPSA) is 70.9 Å². The molecule has 168 valence electrons. The summed E-state index contributed by atoms with van der Waals surface area (Å²) in [6.45, 7) is 15.1. The quantitative estimate of drug-likeness (QED) is 0.457. The molecule has 0 unspecified atom stereocenters. The van der Waals surface area contributed by atoms with E-state index in [-0.39, 0.29) is 16.7 Å².